The quantitative estimate of drug-likeness (QED) is 0.378. The number of rotatable bonds is 9. The second-order valence-electron chi connectivity index (χ2n) is 8.35. The molecular weight excluding hydrogens is 438 g/mol. The second kappa shape index (κ2) is 9.48. The van der Waals surface area contributed by atoms with E-state index in [4.69, 9.17) is 21.4 Å². The van der Waals surface area contributed by atoms with Gasteiger partial charge in [-0.1, -0.05) is 29.8 Å². The van der Waals surface area contributed by atoms with Crippen LogP contribution < -0.4 is 4.74 Å². The van der Waals surface area contributed by atoms with E-state index in [1.807, 2.05) is 18.2 Å². The van der Waals surface area contributed by atoms with Crippen LogP contribution in [-0.4, -0.2) is 16.9 Å². The maximum atomic E-state index is 12.7. The van der Waals surface area contributed by atoms with Crippen molar-refractivity contribution in [2.45, 2.75) is 37.5 Å². The minimum Gasteiger partial charge on any atom is -0.481 e. The molecule has 0 aliphatic heterocycles. The summed E-state index contributed by atoms with van der Waals surface area (Å²) in [6, 6.07) is 21.5. The molecule has 0 bridgehead atoms. The molecular formula is C27H22ClNO4. The lowest BCUT2D eigenvalue weighted by Gasteiger charge is -2.15. The zero-order chi connectivity index (χ0) is 23.4. The lowest BCUT2D eigenvalue weighted by atomic mass is 9.89. The topological polar surface area (TPSA) is 87.4 Å². The molecule has 33 heavy (non-hydrogen) atoms. The number of nitrogens with zero attached hydrogens (tertiary/aromatic N) is 1. The molecule has 0 atom stereocenters. The van der Waals surface area contributed by atoms with Gasteiger partial charge in [0.25, 0.3) is 0 Å². The SMILES string of the molecule is N#Cc1cc(CC(=O)O)ccc1Oc1ccc(C(=O)CCC2(c3ccc(Cl)cc3)CC2)cc1. The van der Waals surface area contributed by atoms with Gasteiger partial charge in [0, 0.05) is 17.0 Å². The van der Waals surface area contributed by atoms with Gasteiger partial charge >= 0.3 is 5.97 Å². The first-order valence-electron chi connectivity index (χ1n) is 10.7. The molecule has 5 nitrogen and oxygen atoms in total. The third-order valence-electron chi connectivity index (χ3n) is 6.06. The molecule has 3 aromatic carbocycles. The number of benzene rings is 3. The Labute approximate surface area is 197 Å². The van der Waals surface area contributed by atoms with Crippen molar-refractivity contribution in [3.05, 3.63) is 94.0 Å². The number of Topliss-reactive ketones (excluding diaryl/α,β-unsaturated/α-hetero) is 1. The van der Waals surface area contributed by atoms with Crippen molar-refractivity contribution in [1.82, 2.24) is 0 Å². The van der Waals surface area contributed by atoms with Crippen LogP contribution in [0, 0.1) is 11.3 Å². The van der Waals surface area contributed by atoms with Gasteiger partial charge < -0.3 is 9.84 Å². The van der Waals surface area contributed by atoms with Crippen LogP contribution in [-0.2, 0) is 16.6 Å². The predicted octanol–water partition coefficient (Wildman–Crippen LogP) is 6.33. The minimum absolute atomic E-state index is 0.0810. The van der Waals surface area contributed by atoms with Gasteiger partial charge in [0.2, 0.25) is 0 Å². The van der Waals surface area contributed by atoms with Crippen molar-refractivity contribution in [3.63, 3.8) is 0 Å². The largest absolute Gasteiger partial charge is 0.481 e. The van der Waals surface area contributed by atoms with Crippen LogP contribution >= 0.6 is 11.6 Å². The average molecular weight is 460 g/mol. The zero-order valence-corrected chi connectivity index (χ0v) is 18.6. The Bertz CT molecular complexity index is 1220. The van der Waals surface area contributed by atoms with Gasteiger partial charge in [0.1, 0.15) is 17.6 Å². The first-order valence-corrected chi connectivity index (χ1v) is 11.1. The highest BCUT2D eigenvalue weighted by Gasteiger charge is 2.43. The summed E-state index contributed by atoms with van der Waals surface area (Å²) in [5.41, 5.74) is 2.73. The first kappa shape index (κ1) is 22.6. The molecule has 166 valence electrons. The molecule has 0 unspecified atom stereocenters. The van der Waals surface area contributed by atoms with Crippen molar-refractivity contribution >= 4 is 23.4 Å². The number of ether oxygens (including phenoxy) is 1. The van der Waals surface area contributed by atoms with Gasteiger partial charge in [0.15, 0.2) is 5.78 Å². The van der Waals surface area contributed by atoms with Gasteiger partial charge in [-0.2, -0.15) is 5.26 Å². The molecule has 1 aliphatic carbocycles. The summed E-state index contributed by atoms with van der Waals surface area (Å²) in [6.07, 6.45) is 3.28. The second-order valence-corrected chi connectivity index (χ2v) is 8.79. The fourth-order valence-electron chi connectivity index (χ4n) is 4.01. The molecule has 0 saturated heterocycles. The van der Waals surface area contributed by atoms with E-state index in [1.54, 1.807) is 36.4 Å². The summed E-state index contributed by atoms with van der Waals surface area (Å²) in [7, 11) is 0. The van der Waals surface area contributed by atoms with E-state index in [9.17, 15) is 14.9 Å². The molecule has 0 spiro atoms. The molecule has 0 amide bonds. The van der Waals surface area contributed by atoms with Crippen LogP contribution in [0.1, 0.15) is 52.7 Å². The Morgan fingerprint density at radius 2 is 1.73 bits per heavy atom. The lowest BCUT2D eigenvalue weighted by Crippen LogP contribution is -2.10. The molecule has 1 N–H and O–H groups in total. The van der Waals surface area contributed by atoms with Gasteiger partial charge in [-0.3, -0.25) is 9.59 Å². The van der Waals surface area contributed by atoms with E-state index in [2.05, 4.69) is 12.1 Å². The number of carbonyl (C=O) groups is 2. The summed E-state index contributed by atoms with van der Waals surface area (Å²) in [5, 5.41) is 19.0. The van der Waals surface area contributed by atoms with Gasteiger partial charge in [-0.25, -0.2) is 0 Å². The van der Waals surface area contributed by atoms with Gasteiger partial charge in [-0.05, 0) is 84.3 Å². The first-order chi connectivity index (χ1) is 15.9. The van der Waals surface area contributed by atoms with Crippen LogP contribution in [0.5, 0.6) is 11.5 Å². The lowest BCUT2D eigenvalue weighted by molar-refractivity contribution is -0.136. The molecule has 6 heteroatoms. The van der Waals surface area contributed by atoms with Crippen molar-refractivity contribution in [3.8, 4) is 17.6 Å². The molecule has 0 aromatic heterocycles. The Morgan fingerprint density at radius 3 is 2.33 bits per heavy atom. The van der Waals surface area contributed by atoms with E-state index < -0.39 is 5.97 Å². The summed E-state index contributed by atoms with van der Waals surface area (Å²) in [6.45, 7) is 0. The monoisotopic (exact) mass is 459 g/mol. The zero-order valence-electron chi connectivity index (χ0n) is 17.9. The molecule has 4 rings (SSSR count). The van der Waals surface area contributed by atoms with Crippen molar-refractivity contribution in [2.24, 2.45) is 0 Å². The number of carboxylic acid groups (broad SMARTS) is 1. The highest BCUT2D eigenvalue weighted by molar-refractivity contribution is 6.30. The molecule has 0 radical (unpaired) electrons. The van der Waals surface area contributed by atoms with E-state index in [0.29, 0.717) is 34.1 Å². The average Bonchev–Trinajstić information content (AvgIpc) is 3.60. The third-order valence-corrected chi connectivity index (χ3v) is 6.32. The van der Waals surface area contributed by atoms with Crippen LogP contribution in [0.4, 0.5) is 0 Å². The normalized spacial score (nSPS) is 13.7. The minimum atomic E-state index is -0.964. The van der Waals surface area contributed by atoms with Crippen LogP contribution in [0.25, 0.3) is 0 Å². The summed E-state index contributed by atoms with van der Waals surface area (Å²) in [4.78, 5) is 23.6. The van der Waals surface area contributed by atoms with Crippen LogP contribution in [0.3, 0.4) is 0 Å². The molecule has 1 saturated carbocycles. The summed E-state index contributed by atoms with van der Waals surface area (Å²) >= 11 is 5.99. The van der Waals surface area contributed by atoms with Crippen molar-refractivity contribution in [1.29, 1.82) is 5.26 Å². The molecule has 0 heterocycles. The Kier molecular flexibility index (Phi) is 6.48. The van der Waals surface area contributed by atoms with Crippen LogP contribution in [0.2, 0.25) is 5.02 Å². The Morgan fingerprint density at radius 1 is 1.03 bits per heavy atom. The molecule has 3 aromatic rings. The van der Waals surface area contributed by atoms with Gasteiger partial charge in [0.05, 0.1) is 12.0 Å². The number of carboxylic acids is 1. The Hall–Kier alpha value is -3.62. The highest BCUT2D eigenvalue weighted by Crippen LogP contribution is 2.52. The number of halogens is 1. The highest BCUT2D eigenvalue weighted by atomic mass is 35.5. The number of aliphatic carboxylic acids is 1. The van der Waals surface area contributed by atoms with Crippen molar-refractivity contribution in [2.75, 3.05) is 0 Å². The fourth-order valence-corrected chi connectivity index (χ4v) is 4.13. The van der Waals surface area contributed by atoms with Crippen molar-refractivity contribution < 1.29 is 19.4 Å². The molecule has 1 aliphatic rings. The Balaban J connectivity index is 1.38. The van der Waals surface area contributed by atoms with Gasteiger partial charge in [-0.15, -0.1) is 0 Å². The predicted molar refractivity (Wildman–Crippen MR) is 125 cm³/mol. The fraction of sp³-hybridized carbons (Fsp3) is 0.222. The third kappa shape index (κ3) is 5.42. The van der Waals surface area contributed by atoms with E-state index in [1.165, 1.54) is 11.6 Å². The number of nitriles is 1. The van der Waals surface area contributed by atoms with Crippen LogP contribution in [0.15, 0.2) is 66.7 Å². The van der Waals surface area contributed by atoms with E-state index in [0.717, 1.165) is 19.3 Å². The van der Waals surface area contributed by atoms with E-state index >= 15 is 0 Å². The summed E-state index contributed by atoms with van der Waals surface area (Å²) < 4.78 is 5.79. The number of hydrogen-bond donors (Lipinski definition) is 1. The number of hydrogen-bond acceptors (Lipinski definition) is 4. The maximum Gasteiger partial charge on any atom is 0.307 e. The number of ketones is 1. The smallest absolute Gasteiger partial charge is 0.307 e. The maximum absolute atomic E-state index is 12.7. The van der Waals surface area contributed by atoms with E-state index in [-0.39, 0.29) is 23.2 Å². The number of carbonyl (C=O) groups excluding carboxylic acids is 1. The standard InChI is InChI=1S/C27H22ClNO4/c28-22-6-4-21(5-7-22)27(13-14-27)12-11-24(30)19-2-8-23(9-3-19)33-25-10-1-18(16-26(31)32)15-20(25)17-29/h1-10,15H,11-14,16H2,(H,31,32). The summed E-state index contributed by atoms with van der Waals surface area (Å²) in [5.74, 6) is -0.0515. The molecule has 1 fully saturated rings.